The van der Waals surface area contributed by atoms with Gasteiger partial charge in [0.15, 0.2) is 0 Å². The zero-order valence-electron chi connectivity index (χ0n) is 15.3. The lowest BCUT2D eigenvalue weighted by molar-refractivity contribution is -0.302. The molecule has 27 heavy (non-hydrogen) atoms. The Morgan fingerprint density at radius 3 is 1.37 bits per heavy atom. The van der Waals surface area contributed by atoms with Crippen molar-refractivity contribution in [1.29, 1.82) is 5.26 Å². The molecular weight excluding hydrogens is 353 g/mol. The van der Waals surface area contributed by atoms with Gasteiger partial charge in [-0.25, -0.2) is 0 Å². The molecule has 0 N–H and O–H groups in total. The van der Waals surface area contributed by atoms with E-state index in [0.29, 0.717) is 6.42 Å². The van der Waals surface area contributed by atoms with E-state index in [9.17, 15) is 5.26 Å². The van der Waals surface area contributed by atoms with E-state index in [0.717, 1.165) is 13.1 Å². The largest absolute Gasteiger partial charge is 0.550 e. The minimum absolute atomic E-state index is 0.562. The van der Waals surface area contributed by atoms with E-state index < -0.39 is 13.2 Å². The summed E-state index contributed by atoms with van der Waals surface area (Å²) < 4.78 is 0. The van der Waals surface area contributed by atoms with E-state index in [1.54, 1.807) is 0 Å². The minimum Gasteiger partial charge on any atom is -0.550 e. The fourth-order valence-electron chi connectivity index (χ4n) is 3.10. The molecule has 0 aliphatic heterocycles. The molecule has 4 heteroatoms. The normalized spacial score (nSPS) is 10.2. The first-order chi connectivity index (χ1) is 13.1. The minimum atomic E-state index is -1.79. The van der Waals surface area contributed by atoms with E-state index in [1.165, 1.54) is 15.9 Å². The number of carbonyl (C=O) groups is 1. The molecule has 0 saturated carbocycles. The second-order valence-corrected chi connectivity index (χ2v) is 9.56. The first kappa shape index (κ1) is 20.4. The monoisotopic (exact) mass is 375 g/mol. The molecule has 136 valence electrons. The van der Waals surface area contributed by atoms with Gasteiger partial charge in [-0.05, 0) is 43.3 Å². The van der Waals surface area contributed by atoms with Gasteiger partial charge in [0, 0.05) is 5.97 Å². The van der Waals surface area contributed by atoms with Crippen LogP contribution in [0, 0.1) is 11.3 Å². The molecule has 0 atom stereocenters. The summed E-state index contributed by atoms with van der Waals surface area (Å²) in [6.07, 6.45) is 1.44. The van der Waals surface area contributed by atoms with Gasteiger partial charge >= 0.3 is 0 Å². The maximum Gasteiger partial charge on any atom is 0.113 e. The first-order valence-corrected chi connectivity index (χ1v) is 10.7. The molecule has 3 aromatic rings. The number of hydrogen-bond acceptors (Lipinski definition) is 3. The second kappa shape index (κ2) is 10.3. The molecule has 0 radical (unpaired) electrons. The number of nitriles is 1. The van der Waals surface area contributed by atoms with Crippen LogP contribution in [0.1, 0.15) is 13.3 Å². The Morgan fingerprint density at radius 2 is 1.11 bits per heavy atom. The number of carboxylic acid groups (broad SMARTS) is 1. The molecule has 3 nitrogen and oxygen atoms in total. The first-order valence-electron chi connectivity index (χ1n) is 8.70. The predicted octanol–water partition coefficient (Wildman–Crippen LogP) is 2.65. The Morgan fingerprint density at radius 1 is 0.815 bits per heavy atom. The van der Waals surface area contributed by atoms with Crippen molar-refractivity contribution in [1.82, 2.24) is 0 Å². The Balaban J connectivity index is 0.000000596. The fraction of sp³-hybridized carbons (Fsp3) is 0.130. The van der Waals surface area contributed by atoms with Crippen molar-refractivity contribution in [3.8, 4) is 6.07 Å². The molecule has 0 saturated heterocycles. The van der Waals surface area contributed by atoms with Gasteiger partial charge in [-0.1, -0.05) is 54.6 Å². The molecule has 3 rings (SSSR count). The average molecular weight is 375 g/mol. The topological polar surface area (TPSA) is 63.9 Å². The van der Waals surface area contributed by atoms with E-state index in [2.05, 4.69) is 97.1 Å². The zero-order valence-corrected chi connectivity index (χ0v) is 16.2. The Hall–Kier alpha value is -2.95. The van der Waals surface area contributed by atoms with Crippen molar-refractivity contribution in [3.05, 3.63) is 91.0 Å². The van der Waals surface area contributed by atoms with Gasteiger partial charge in [0.25, 0.3) is 0 Å². The summed E-state index contributed by atoms with van der Waals surface area (Å²) in [6.45, 7) is 0.972. The molecule has 0 aliphatic carbocycles. The third kappa shape index (κ3) is 5.26. The highest BCUT2D eigenvalue weighted by atomic mass is 31.2. The lowest BCUT2D eigenvalue weighted by atomic mass is 10.4. The van der Waals surface area contributed by atoms with Crippen LogP contribution in [0.3, 0.4) is 0 Å². The Bertz CT molecular complexity index is 774. The molecule has 3 aromatic carbocycles. The van der Waals surface area contributed by atoms with Gasteiger partial charge in [-0.2, -0.15) is 5.26 Å². The maximum atomic E-state index is 9.24. The summed E-state index contributed by atoms with van der Waals surface area (Å²) in [7, 11) is -1.79. The number of benzene rings is 3. The van der Waals surface area contributed by atoms with Gasteiger partial charge < -0.3 is 9.90 Å². The van der Waals surface area contributed by atoms with Crippen LogP contribution in [0.2, 0.25) is 0 Å². The number of carboxylic acids is 1. The highest BCUT2D eigenvalue weighted by molar-refractivity contribution is 7.95. The third-order valence-electron chi connectivity index (χ3n) is 4.15. The molecule has 0 aromatic heterocycles. The van der Waals surface area contributed by atoms with Crippen LogP contribution in [-0.4, -0.2) is 12.1 Å². The number of carbonyl (C=O) groups excluding carboxylic acids is 1. The molecule has 0 unspecified atom stereocenters. The summed E-state index contributed by atoms with van der Waals surface area (Å²) in [5.41, 5.74) is 0. The van der Waals surface area contributed by atoms with Gasteiger partial charge in [0.1, 0.15) is 23.2 Å². The summed E-state index contributed by atoms with van der Waals surface area (Å²) in [5, 5.41) is 22.1. The summed E-state index contributed by atoms with van der Waals surface area (Å²) in [5.74, 6) is -1.08. The molecule has 0 fully saturated rings. The van der Waals surface area contributed by atoms with Crippen molar-refractivity contribution in [3.63, 3.8) is 0 Å². The lowest BCUT2D eigenvalue weighted by Crippen LogP contribution is -2.33. The zero-order chi connectivity index (χ0) is 19.5. The van der Waals surface area contributed by atoms with E-state index in [4.69, 9.17) is 9.90 Å². The highest BCUT2D eigenvalue weighted by Gasteiger charge is 2.44. The SMILES string of the molecule is CC(=O)[O-].N#CCC[P+](c1ccccc1)(c1ccccc1)c1ccccc1. The van der Waals surface area contributed by atoms with Gasteiger partial charge in [0.2, 0.25) is 0 Å². The molecular formula is C23H22NO2P. The molecule has 0 aliphatic rings. The lowest BCUT2D eigenvalue weighted by Gasteiger charge is -2.26. The summed E-state index contributed by atoms with van der Waals surface area (Å²) in [4.78, 5) is 8.89. The number of rotatable bonds is 5. The quantitative estimate of drug-likeness (QED) is 0.644. The van der Waals surface area contributed by atoms with E-state index in [-0.39, 0.29) is 0 Å². The van der Waals surface area contributed by atoms with Crippen molar-refractivity contribution in [2.45, 2.75) is 13.3 Å². The third-order valence-corrected chi connectivity index (χ3v) is 8.58. The average Bonchev–Trinajstić information content (AvgIpc) is 2.71. The smallest absolute Gasteiger partial charge is 0.113 e. The van der Waals surface area contributed by atoms with Crippen LogP contribution >= 0.6 is 7.26 Å². The van der Waals surface area contributed by atoms with Crippen LogP contribution in [0.5, 0.6) is 0 Å². The number of nitrogens with zero attached hydrogens (tertiary/aromatic N) is 1. The summed E-state index contributed by atoms with van der Waals surface area (Å²) >= 11 is 0. The Labute approximate surface area is 161 Å². The predicted molar refractivity (Wildman–Crippen MR) is 111 cm³/mol. The summed E-state index contributed by atoms with van der Waals surface area (Å²) in [6, 6.07) is 34.4. The fourth-order valence-corrected chi connectivity index (χ4v) is 7.25. The maximum absolute atomic E-state index is 9.24. The van der Waals surface area contributed by atoms with E-state index >= 15 is 0 Å². The van der Waals surface area contributed by atoms with Gasteiger partial charge in [0.05, 0.1) is 18.7 Å². The molecule has 0 heterocycles. The van der Waals surface area contributed by atoms with Crippen molar-refractivity contribution < 1.29 is 9.90 Å². The van der Waals surface area contributed by atoms with Crippen molar-refractivity contribution in [2.75, 3.05) is 6.16 Å². The standard InChI is InChI=1S/C21H19NP.C2H4O2/c22-17-10-18-23(19-11-4-1-5-12-19,20-13-6-2-7-14-20)21-15-8-3-9-16-21;1-2(3)4/h1-9,11-16H,10,18H2;1H3,(H,3,4)/q+1;/p-1. The van der Waals surface area contributed by atoms with E-state index in [1.807, 2.05) is 0 Å². The van der Waals surface area contributed by atoms with Crippen molar-refractivity contribution >= 4 is 29.1 Å². The van der Waals surface area contributed by atoms with Crippen LogP contribution in [-0.2, 0) is 4.79 Å². The molecule has 0 spiro atoms. The van der Waals surface area contributed by atoms with Crippen LogP contribution < -0.4 is 21.0 Å². The molecule has 0 amide bonds. The van der Waals surface area contributed by atoms with Crippen molar-refractivity contribution in [2.24, 2.45) is 0 Å². The van der Waals surface area contributed by atoms with Gasteiger partial charge in [-0.15, -0.1) is 0 Å². The molecule has 0 bridgehead atoms. The highest BCUT2D eigenvalue weighted by Crippen LogP contribution is 2.55. The van der Waals surface area contributed by atoms with Crippen LogP contribution in [0.25, 0.3) is 0 Å². The number of aliphatic carboxylic acids is 1. The number of hydrogen-bond donors (Lipinski definition) is 0. The Kier molecular flexibility index (Phi) is 7.74. The van der Waals surface area contributed by atoms with Gasteiger partial charge in [-0.3, -0.25) is 0 Å². The van der Waals surface area contributed by atoms with Crippen LogP contribution in [0.15, 0.2) is 91.0 Å². The second-order valence-electron chi connectivity index (χ2n) is 5.94. The van der Waals surface area contributed by atoms with Crippen LogP contribution in [0.4, 0.5) is 0 Å².